The molecule has 6 nitrogen and oxygen atoms in total. The molecule has 0 heterocycles. The number of phenols is 1. The minimum absolute atomic E-state index is 0.00475. The normalized spacial score (nSPS) is 10.1. The molecule has 0 aliphatic rings. The monoisotopic (exact) mass is 346 g/mol. The summed E-state index contributed by atoms with van der Waals surface area (Å²) in [4.78, 5) is 24.0. The van der Waals surface area contributed by atoms with Crippen LogP contribution in [0.15, 0.2) is 60.7 Å². The number of benzene rings is 3. The third kappa shape index (κ3) is 3.79. The first-order chi connectivity index (χ1) is 12.6. The van der Waals surface area contributed by atoms with Crippen molar-refractivity contribution in [3.8, 4) is 11.8 Å². The Morgan fingerprint density at radius 1 is 1.04 bits per heavy atom. The summed E-state index contributed by atoms with van der Waals surface area (Å²) in [5.41, 5.74) is 0.953. The predicted octanol–water partition coefficient (Wildman–Crippen LogP) is 3.21. The van der Waals surface area contributed by atoms with Gasteiger partial charge in [-0.25, -0.2) is 4.79 Å². The van der Waals surface area contributed by atoms with E-state index in [0.29, 0.717) is 11.3 Å². The molecule has 3 rings (SSSR count). The number of hydrogen-bond acceptors (Lipinski definition) is 5. The number of anilines is 1. The third-order valence-corrected chi connectivity index (χ3v) is 3.72. The molecule has 0 saturated heterocycles. The van der Waals surface area contributed by atoms with Gasteiger partial charge in [-0.1, -0.05) is 24.3 Å². The first-order valence-electron chi connectivity index (χ1n) is 7.76. The van der Waals surface area contributed by atoms with Crippen LogP contribution in [0.4, 0.5) is 5.69 Å². The number of nitrogens with one attached hydrogen (secondary N) is 1. The average molecular weight is 346 g/mol. The SMILES string of the molecule is N#Cc1ccc(NC(=O)COC(=O)c2cc3ccccc3cc2O)cc1. The lowest BCUT2D eigenvalue weighted by Crippen LogP contribution is -2.21. The van der Waals surface area contributed by atoms with Crippen molar-refractivity contribution < 1.29 is 19.4 Å². The van der Waals surface area contributed by atoms with Gasteiger partial charge in [-0.05, 0) is 47.2 Å². The molecule has 2 N–H and O–H groups in total. The van der Waals surface area contributed by atoms with Gasteiger partial charge < -0.3 is 15.2 Å². The number of rotatable bonds is 4. The third-order valence-electron chi connectivity index (χ3n) is 3.72. The maximum absolute atomic E-state index is 12.2. The fraction of sp³-hybridized carbons (Fsp3) is 0.0500. The Labute approximate surface area is 149 Å². The Hall–Kier alpha value is -3.85. The molecule has 128 valence electrons. The lowest BCUT2D eigenvalue weighted by Gasteiger charge is -2.09. The smallest absolute Gasteiger partial charge is 0.342 e. The Bertz CT molecular complexity index is 1020. The van der Waals surface area contributed by atoms with Crippen LogP contribution >= 0.6 is 0 Å². The molecule has 0 aromatic heterocycles. The second kappa shape index (κ2) is 7.36. The van der Waals surface area contributed by atoms with Gasteiger partial charge in [0.25, 0.3) is 5.91 Å². The highest BCUT2D eigenvalue weighted by Gasteiger charge is 2.15. The maximum Gasteiger partial charge on any atom is 0.342 e. The Morgan fingerprint density at radius 3 is 2.35 bits per heavy atom. The lowest BCUT2D eigenvalue weighted by molar-refractivity contribution is -0.119. The number of phenolic OH excluding ortho intramolecular Hbond substituents is 1. The number of ether oxygens (including phenoxy) is 1. The van der Waals surface area contributed by atoms with Crippen LogP contribution in [0.2, 0.25) is 0 Å². The summed E-state index contributed by atoms with van der Waals surface area (Å²) >= 11 is 0. The van der Waals surface area contributed by atoms with Crippen LogP contribution in [0.3, 0.4) is 0 Å². The molecule has 0 atom stereocenters. The zero-order valence-electron chi connectivity index (χ0n) is 13.6. The maximum atomic E-state index is 12.2. The summed E-state index contributed by atoms with van der Waals surface area (Å²) in [6, 6.07) is 18.5. The molecule has 26 heavy (non-hydrogen) atoms. The van der Waals surface area contributed by atoms with Crippen LogP contribution in [0.5, 0.6) is 5.75 Å². The summed E-state index contributed by atoms with van der Waals surface area (Å²) in [5, 5.41) is 22.9. The minimum atomic E-state index is -0.789. The number of carbonyl (C=O) groups is 2. The Balaban J connectivity index is 1.63. The van der Waals surface area contributed by atoms with Gasteiger partial charge in [0.05, 0.1) is 11.6 Å². The Kier molecular flexibility index (Phi) is 4.81. The molecule has 0 fully saturated rings. The standard InChI is InChI=1S/C20H14N2O4/c21-11-13-5-7-16(8-6-13)22-19(24)12-26-20(25)17-9-14-3-1-2-4-15(14)10-18(17)23/h1-10,23H,12H2,(H,22,24). The molecule has 3 aromatic carbocycles. The number of nitriles is 1. The first-order valence-corrected chi connectivity index (χ1v) is 7.76. The number of nitrogens with zero attached hydrogens (tertiary/aromatic N) is 1. The minimum Gasteiger partial charge on any atom is -0.507 e. The molecule has 6 heteroatoms. The van der Waals surface area contributed by atoms with Crippen LogP contribution in [0.1, 0.15) is 15.9 Å². The van der Waals surface area contributed by atoms with E-state index >= 15 is 0 Å². The molecule has 0 saturated carbocycles. The van der Waals surface area contributed by atoms with Gasteiger partial charge in [-0.2, -0.15) is 5.26 Å². The summed E-state index contributed by atoms with van der Waals surface area (Å²) in [6.45, 7) is -0.495. The van der Waals surface area contributed by atoms with E-state index in [9.17, 15) is 14.7 Å². The van der Waals surface area contributed by atoms with Gasteiger partial charge in [-0.3, -0.25) is 4.79 Å². The molecule has 0 radical (unpaired) electrons. The average Bonchev–Trinajstić information content (AvgIpc) is 2.66. The topological polar surface area (TPSA) is 99.4 Å². The van der Waals surface area contributed by atoms with Gasteiger partial charge in [0.1, 0.15) is 11.3 Å². The number of esters is 1. The molecule has 1 amide bonds. The van der Waals surface area contributed by atoms with Crippen LogP contribution in [-0.4, -0.2) is 23.6 Å². The van der Waals surface area contributed by atoms with Crippen molar-refractivity contribution in [1.29, 1.82) is 5.26 Å². The van der Waals surface area contributed by atoms with Gasteiger partial charge >= 0.3 is 5.97 Å². The van der Waals surface area contributed by atoms with Gasteiger partial charge in [0.2, 0.25) is 0 Å². The fourth-order valence-electron chi connectivity index (χ4n) is 2.43. The Morgan fingerprint density at radius 2 is 1.69 bits per heavy atom. The quantitative estimate of drug-likeness (QED) is 0.707. The van der Waals surface area contributed by atoms with E-state index in [2.05, 4.69) is 5.32 Å². The summed E-state index contributed by atoms with van der Waals surface area (Å²) in [7, 11) is 0. The van der Waals surface area contributed by atoms with Gasteiger partial charge in [-0.15, -0.1) is 0 Å². The van der Waals surface area contributed by atoms with Crippen LogP contribution in [0, 0.1) is 11.3 Å². The van der Waals surface area contributed by atoms with E-state index in [1.807, 2.05) is 30.3 Å². The second-order valence-electron chi connectivity index (χ2n) is 5.53. The predicted molar refractivity (Wildman–Crippen MR) is 95.7 cm³/mol. The van der Waals surface area contributed by atoms with Crippen molar-refractivity contribution in [2.45, 2.75) is 0 Å². The first kappa shape index (κ1) is 17.0. The van der Waals surface area contributed by atoms with E-state index in [1.165, 1.54) is 12.1 Å². The summed E-state index contributed by atoms with van der Waals surface area (Å²) < 4.78 is 4.97. The van der Waals surface area contributed by atoms with Crippen molar-refractivity contribution in [3.05, 3.63) is 71.8 Å². The van der Waals surface area contributed by atoms with Crippen molar-refractivity contribution in [2.75, 3.05) is 11.9 Å². The van der Waals surface area contributed by atoms with E-state index in [-0.39, 0.29) is 11.3 Å². The number of carbonyl (C=O) groups excluding carboxylic acids is 2. The van der Waals surface area contributed by atoms with E-state index in [0.717, 1.165) is 10.8 Å². The highest BCUT2D eigenvalue weighted by atomic mass is 16.5. The van der Waals surface area contributed by atoms with Crippen LogP contribution < -0.4 is 5.32 Å². The van der Waals surface area contributed by atoms with Gasteiger partial charge in [0.15, 0.2) is 6.61 Å². The summed E-state index contributed by atoms with van der Waals surface area (Å²) in [6.07, 6.45) is 0. The molecule has 3 aromatic rings. The number of aromatic hydroxyl groups is 1. The van der Waals surface area contributed by atoms with Crippen molar-refractivity contribution >= 4 is 28.3 Å². The number of amides is 1. The highest BCUT2D eigenvalue weighted by molar-refractivity contribution is 6.00. The molecule has 0 unspecified atom stereocenters. The van der Waals surface area contributed by atoms with Gasteiger partial charge in [0, 0.05) is 5.69 Å². The second-order valence-corrected chi connectivity index (χ2v) is 5.53. The fourth-order valence-corrected chi connectivity index (χ4v) is 2.43. The van der Waals surface area contributed by atoms with Crippen LogP contribution in [0.25, 0.3) is 10.8 Å². The molecule has 0 aliphatic heterocycles. The highest BCUT2D eigenvalue weighted by Crippen LogP contribution is 2.25. The van der Waals surface area contributed by atoms with Crippen molar-refractivity contribution in [3.63, 3.8) is 0 Å². The number of hydrogen-bond donors (Lipinski definition) is 2. The molecular formula is C20H14N2O4. The number of fused-ring (bicyclic) bond motifs is 1. The molecule has 0 aliphatic carbocycles. The van der Waals surface area contributed by atoms with Crippen molar-refractivity contribution in [2.24, 2.45) is 0 Å². The molecule has 0 bridgehead atoms. The molecular weight excluding hydrogens is 332 g/mol. The lowest BCUT2D eigenvalue weighted by atomic mass is 10.1. The van der Waals surface area contributed by atoms with E-state index in [1.54, 1.807) is 24.3 Å². The van der Waals surface area contributed by atoms with Crippen molar-refractivity contribution in [1.82, 2.24) is 0 Å². The van der Waals surface area contributed by atoms with Crippen LogP contribution in [-0.2, 0) is 9.53 Å². The summed E-state index contributed by atoms with van der Waals surface area (Å²) in [5.74, 6) is -1.52. The zero-order valence-corrected chi connectivity index (χ0v) is 13.6. The zero-order chi connectivity index (χ0) is 18.5. The van der Waals surface area contributed by atoms with E-state index < -0.39 is 18.5 Å². The van der Waals surface area contributed by atoms with E-state index in [4.69, 9.17) is 10.00 Å². The largest absolute Gasteiger partial charge is 0.507 e. The molecule has 0 spiro atoms.